The van der Waals surface area contributed by atoms with Gasteiger partial charge >= 0.3 is 0 Å². The third-order valence-electron chi connectivity index (χ3n) is 4.85. The molecule has 3 heteroatoms. The van der Waals surface area contributed by atoms with Crippen molar-refractivity contribution >= 4 is 22.9 Å². The Morgan fingerprint density at radius 3 is 2.78 bits per heavy atom. The molecule has 0 amide bonds. The number of aliphatic imine (C=N–C) groups is 1. The van der Waals surface area contributed by atoms with Crippen LogP contribution in [-0.4, -0.2) is 25.0 Å². The summed E-state index contributed by atoms with van der Waals surface area (Å²) in [6.07, 6.45) is 8.67. The van der Waals surface area contributed by atoms with Crippen LogP contribution in [0.1, 0.15) is 44.2 Å². The SMILES string of the molecule is C/C=C1/C=C(C2(CCCC)CO2)c2cc(Cl)ccc2CC1=NC. The van der Waals surface area contributed by atoms with E-state index in [0.29, 0.717) is 0 Å². The van der Waals surface area contributed by atoms with Gasteiger partial charge in [0.05, 0.1) is 6.61 Å². The maximum absolute atomic E-state index is 6.30. The summed E-state index contributed by atoms with van der Waals surface area (Å²) in [6.45, 7) is 5.10. The van der Waals surface area contributed by atoms with Crippen molar-refractivity contribution in [2.45, 2.75) is 45.1 Å². The van der Waals surface area contributed by atoms with Crippen molar-refractivity contribution in [3.63, 3.8) is 0 Å². The minimum atomic E-state index is -0.132. The smallest absolute Gasteiger partial charge is 0.117 e. The summed E-state index contributed by atoms with van der Waals surface area (Å²) < 4.78 is 5.97. The second-order valence-electron chi connectivity index (χ2n) is 6.34. The molecule has 1 aromatic carbocycles. The van der Waals surface area contributed by atoms with E-state index in [2.05, 4.69) is 43.1 Å². The fourth-order valence-corrected chi connectivity index (χ4v) is 3.54. The van der Waals surface area contributed by atoms with Crippen molar-refractivity contribution in [1.29, 1.82) is 0 Å². The molecule has 1 fully saturated rings. The molecule has 0 aromatic heterocycles. The number of ether oxygens (including phenoxy) is 1. The molecular weight excluding hydrogens is 306 g/mol. The Kier molecular flexibility index (Phi) is 4.74. The van der Waals surface area contributed by atoms with E-state index < -0.39 is 0 Å². The quantitative estimate of drug-likeness (QED) is 0.692. The van der Waals surface area contributed by atoms with E-state index in [1.165, 1.54) is 35.1 Å². The van der Waals surface area contributed by atoms with Gasteiger partial charge in [-0.15, -0.1) is 0 Å². The van der Waals surface area contributed by atoms with E-state index in [9.17, 15) is 0 Å². The molecule has 0 bridgehead atoms. The van der Waals surface area contributed by atoms with Crippen molar-refractivity contribution in [2.75, 3.05) is 13.7 Å². The number of epoxide rings is 1. The Hall–Kier alpha value is -1.38. The molecule has 0 N–H and O–H groups in total. The Labute approximate surface area is 143 Å². The zero-order chi connectivity index (χ0) is 16.4. The number of hydrogen-bond donors (Lipinski definition) is 0. The van der Waals surface area contributed by atoms with Crippen LogP contribution in [0.5, 0.6) is 0 Å². The van der Waals surface area contributed by atoms with Crippen molar-refractivity contribution in [1.82, 2.24) is 0 Å². The van der Waals surface area contributed by atoms with Gasteiger partial charge in [0.2, 0.25) is 0 Å². The van der Waals surface area contributed by atoms with Crippen molar-refractivity contribution in [2.24, 2.45) is 4.99 Å². The number of allylic oxidation sites excluding steroid dienone is 3. The third-order valence-corrected chi connectivity index (χ3v) is 5.09. The first-order valence-electron chi connectivity index (χ1n) is 8.41. The number of halogens is 1. The molecule has 3 rings (SSSR count). The molecule has 122 valence electrons. The van der Waals surface area contributed by atoms with Gasteiger partial charge in [0.15, 0.2) is 0 Å². The second kappa shape index (κ2) is 6.62. The van der Waals surface area contributed by atoms with E-state index in [4.69, 9.17) is 16.3 Å². The highest BCUT2D eigenvalue weighted by atomic mass is 35.5. The van der Waals surface area contributed by atoms with Gasteiger partial charge in [-0.25, -0.2) is 0 Å². The minimum absolute atomic E-state index is 0.132. The van der Waals surface area contributed by atoms with Crippen molar-refractivity contribution in [3.05, 3.63) is 52.1 Å². The Balaban J connectivity index is 2.15. The van der Waals surface area contributed by atoms with Gasteiger partial charge < -0.3 is 4.74 Å². The van der Waals surface area contributed by atoms with Crippen LogP contribution in [0.2, 0.25) is 5.02 Å². The zero-order valence-electron chi connectivity index (χ0n) is 14.2. The first-order valence-corrected chi connectivity index (χ1v) is 8.78. The van der Waals surface area contributed by atoms with Gasteiger partial charge in [-0.2, -0.15) is 0 Å². The second-order valence-corrected chi connectivity index (χ2v) is 6.77. The van der Waals surface area contributed by atoms with Gasteiger partial charge in [-0.1, -0.05) is 43.5 Å². The molecule has 1 aliphatic heterocycles. The van der Waals surface area contributed by atoms with Crippen LogP contribution in [0.3, 0.4) is 0 Å². The highest BCUT2D eigenvalue weighted by molar-refractivity contribution is 6.30. The standard InChI is InChI=1S/C20H24ClNO/c1-4-6-9-20(13-23-20)18-10-14(5-2)19(22-3)11-15-7-8-16(21)12-17(15)18/h5,7-8,10,12H,4,6,9,11,13H2,1-3H3/b14-5-,22-19?. The molecule has 0 spiro atoms. The van der Waals surface area contributed by atoms with Crippen LogP contribution in [0.4, 0.5) is 0 Å². The van der Waals surface area contributed by atoms with Crippen LogP contribution >= 0.6 is 11.6 Å². The largest absolute Gasteiger partial charge is 0.364 e. The molecule has 1 aliphatic carbocycles. The Bertz CT molecular complexity index is 696. The lowest BCUT2D eigenvalue weighted by Gasteiger charge is -2.18. The first kappa shape index (κ1) is 16.5. The predicted octanol–water partition coefficient (Wildman–Crippen LogP) is 5.26. The average molecular weight is 330 g/mol. The molecule has 1 unspecified atom stereocenters. The van der Waals surface area contributed by atoms with Gasteiger partial charge in [0, 0.05) is 24.2 Å². The summed E-state index contributed by atoms with van der Waals surface area (Å²) in [5.41, 5.74) is 5.97. The lowest BCUT2D eigenvalue weighted by Crippen LogP contribution is -2.14. The maximum atomic E-state index is 6.30. The van der Waals surface area contributed by atoms with Crippen LogP contribution in [0.15, 0.2) is 40.9 Å². The number of fused-ring (bicyclic) bond motifs is 1. The number of benzene rings is 1. The van der Waals surface area contributed by atoms with Gasteiger partial charge in [0.25, 0.3) is 0 Å². The van der Waals surface area contributed by atoms with Crippen molar-refractivity contribution in [3.8, 4) is 0 Å². The highest BCUT2D eigenvalue weighted by Crippen LogP contribution is 2.47. The molecule has 1 saturated heterocycles. The zero-order valence-corrected chi connectivity index (χ0v) is 14.9. The summed E-state index contributed by atoms with van der Waals surface area (Å²) in [5.74, 6) is 0. The fraction of sp³-hybridized carbons (Fsp3) is 0.450. The van der Waals surface area contributed by atoms with Crippen LogP contribution < -0.4 is 0 Å². The topological polar surface area (TPSA) is 24.9 Å². The summed E-state index contributed by atoms with van der Waals surface area (Å²) in [6, 6.07) is 6.19. The monoisotopic (exact) mass is 329 g/mol. The van der Waals surface area contributed by atoms with Crippen LogP contribution in [0, 0.1) is 0 Å². The first-order chi connectivity index (χ1) is 11.1. The van der Waals surface area contributed by atoms with Gasteiger partial charge in [0.1, 0.15) is 5.60 Å². The van der Waals surface area contributed by atoms with Crippen molar-refractivity contribution < 1.29 is 4.74 Å². The number of nitrogens with zero attached hydrogens (tertiary/aromatic N) is 1. The normalized spacial score (nSPS) is 26.9. The third kappa shape index (κ3) is 3.15. The maximum Gasteiger partial charge on any atom is 0.117 e. The lowest BCUT2D eigenvalue weighted by molar-refractivity contribution is 0.339. The molecule has 2 aliphatic rings. The van der Waals surface area contributed by atoms with E-state index in [-0.39, 0.29) is 5.60 Å². The summed E-state index contributed by atoms with van der Waals surface area (Å²) in [7, 11) is 1.87. The molecule has 0 radical (unpaired) electrons. The predicted molar refractivity (Wildman–Crippen MR) is 98.5 cm³/mol. The van der Waals surface area contributed by atoms with Gasteiger partial charge in [-0.05, 0) is 53.8 Å². The molecule has 2 nitrogen and oxygen atoms in total. The lowest BCUT2D eigenvalue weighted by atomic mass is 9.86. The van der Waals surface area contributed by atoms with Crippen LogP contribution in [0.25, 0.3) is 5.57 Å². The molecule has 1 heterocycles. The molecule has 1 aromatic rings. The Morgan fingerprint density at radius 2 is 2.17 bits per heavy atom. The minimum Gasteiger partial charge on any atom is -0.364 e. The fourth-order valence-electron chi connectivity index (χ4n) is 3.37. The van der Waals surface area contributed by atoms with Crippen LogP contribution in [-0.2, 0) is 11.2 Å². The van der Waals surface area contributed by atoms with E-state index in [1.54, 1.807) is 0 Å². The molecule has 23 heavy (non-hydrogen) atoms. The molecular formula is C20H24ClNO. The van der Waals surface area contributed by atoms with Gasteiger partial charge in [-0.3, -0.25) is 4.99 Å². The van der Waals surface area contributed by atoms with E-state index in [0.717, 1.165) is 30.2 Å². The highest BCUT2D eigenvalue weighted by Gasteiger charge is 2.48. The number of rotatable bonds is 4. The summed E-state index contributed by atoms with van der Waals surface area (Å²) in [4.78, 5) is 4.51. The number of unbranched alkanes of at least 4 members (excludes halogenated alkanes) is 1. The van der Waals surface area contributed by atoms with E-state index >= 15 is 0 Å². The average Bonchev–Trinajstić information content (AvgIpc) is 3.35. The van der Waals surface area contributed by atoms with E-state index in [1.807, 2.05) is 13.1 Å². The molecule has 0 saturated carbocycles. The number of hydrogen-bond acceptors (Lipinski definition) is 2. The summed E-state index contributed by atoms with van der Waals surface area (Å²) in [5, 5.41) is 0.778. The molecule has 1 atom stereocenters. The Morgan fingerprint density at radius 1 is 1.39 bits per heavy atom. The summed E-state index contributed by atoms with van der Waals surface area (Å²) >= 11 is 6.30.